The second-order valence-corrected chi connectivity index (χ2v) is 8.05. The fraction of sp³-hybridized carbons (Fsp3) is 0.304. The molecule has 0 radical (unpaired) electrons. The van der Waals surface area contributed by atoms with E-state index in [4.69, 9.17) is 11.6 Å². The van der Waals surface area contributed by atoms with E-state index in [1.807, 2.05) is 66.6 Å². The number of piperazine rings is 1. The Morgan fingerprint density at radius 3 is 2.32 bits per heavy atom. The van der Waals surface area contributed by atoms with Gasteiger partial charge in [0.15, 0.2) is 0 Å². The van der Waals surface area contributed by atoms with E-state index < -0.39 is 0 Å². The van der Waals surface area contributed by atoms with Crippen LogP contribution in [0, 0.1) is 20.8 Å². The lowest BCUT2D eigenvalue weighted by Crippen LogP contribution is -2.48. The SMILES string of the molecule is Cc1nc(N2CCN(C(=O)/C=C/c3ccc(Cl)cc3)CC2)cc(-n2cnc(C)c2C)n1. The Labute approximate surface area is 187 Å². The Kier molecular flexibility index (Phi) is 6.04. The van der Waals surface area contributed by atoms with E-state index in [1.165, 1.54) is 0 Å². The lowest BCUT2D eigenvalue weighted by molar-refractivity contribution is -0.126. The van der Waals surface area contributed by atoms with Crippen LogP contribution in [0.5, 0.6) is 0 Å². The predicted octanol–water partition coefficient (Wildman–Crippen LogP) is 3.60. The van der Waals surface area contributed by atoms with Gasteiger partial charge in [-0.05, 0) is 44.5 Å². The number of benzene rings is 1. The molecule has 1 aliphatic heterocycles. The zero-order chi connectivity index (χ0) is 22.0. The summed E-state index contributed by atoms with van der Waals surface area (Å²) in [6.07, 6.45) is 5.23. The van der Waals surface area contributed by atoms with Crippen LogP contribution < -0.4 is 4.90 Å². The molecule has 1 fully saturated rings. The summed E-state index contributed by atoms with van der Waals surface area (Å²) in [7, 11) is 0. The Morgan fingerprint density at radius 1 is 1.00 bits per heavy atom. The summed E-state index contributed by atoms with van der Waals surface area (Å²) < 4.78 is 1.98. The fourth-order valence-electron chi connectivity index (χ4n) is 3.55. The monoisotopic (exact) mass is 436 g/mol. The molecule has 7 nitrogen and oxygen atoms in total. The van der Waals surface area contributed by atoms with Gasteiger partial charge in [0.05, 0.1) is 5.69 Å². The molecule has 0 aliphatic carbocycles. The van der Waals surface area contributed by atoms with Crippen LogP contribution in [0.1, 0.15) is 22.8 Å². The highest BCUT2D eigenvalue weighted by atomic mass is 35.5. The van der Waals surface area contributed by atoms with Gasteiger partial charge >= 0.3 is 0 Å². The van der Waals surface area contributed by atoms with E-state index in [1.54, 1.807) is 12.4 Å². The van der Waals surface area contributed by atoms with Crippen molar-refractivity contribution >= 4 is 29.4 Å². The largest absolute Gasteiger partial charge is 0.353 e. The van der Waals surface area contributed by atoms with E-state index in [0.29, 0.717) is 23.9 Å². The van der Waals surface area contributed by atoms with Gasteiger partial charge in [0.2, 0.25) is 5.91 Å². The number of carbonyl (C=O) groups excluding carboxylic acids is 1. The normalized spacial score (nSPS) is 14.5. The molecule has 0 atom stereocenters. The van der Waals surface area contributed by atoms with Crippen LogP contribution in [0.3, 0.4) is 0 Å². The zero-order valence-corrected chi connectivity index (χ0v) is 18.7. The molecule has 3 aromatic rings. The van der Waals surface area contributed by atoms with Gasteiger partial charge in [-0.15, -0.1) is 0 Å². The summed E-state index contributed by atoms with van der Waals surface area (Å²) in [6.45, 7) is 8.64. The number of imidazole rings is 1. The molecular formula is C23H25ClN6O. The highest BCUT2D eigenvalue weighted by Gasteiger charge is 2.21. The van der Waals surface area contributed by atoms with Gasteiger partial charge in [-0.25, -0.2) is 15.0 Å². The van der Waals surface area contributed by atoms with Crippen molar-refractivity contribution in [3.8, 4) is 5.82 Å². The van der Waals surface area contributed by atoms with Gasteiger partial charge in [-0.2, -0.15) is 0 Å². The van der Waals surface area contributed by atoms with Crippen molar-refractivity contribution in [3.63, 3.8) is 0 Å². The van der Waals surface area contributed by atoms with Crippen molar-refractivity contribution in [1.29, 1.82) is 0 Å². The number of aryl methyl sites for hydroxylation is 2. The Morgan fingerprint density at radius 2 is 1.68 bits per heavy atom. The molecule has 0 spiro atoms. The number of hydrogen-bond donors (Lipinski definition) is 0. The smallest absolute Gasteiger partial charge is 0.246 e. The molecule has 0 N–H and O–H groups in total. The maximum atomic E-state index is 12.6. The first kappa shape index (κ1) is 21.1. The first-order valence-electron chi connectivity index (χ1n) is 10.2. The number of carbonyl (C=O) groups is 1. The first-order valence-corrected chi connectivity index (χ1v) is 10.6. The number of anilines is 1. The van der Waals surface area contributed by atoms with Crippen LogP contribution in [0.4, 0.5) is 5.82 Å². The number of hydrogen-bond acceptors (Lipinski definition) is 5. The van der Waals surface area contributed by atoms with E-state index >= 15 is 0 Å². The molecule has 1 amide bonds. The van der Waals surface area contributed by atoms with E-state index in [0.717, 1.165) is 41.7 Å². The minimum Gasteiger partial charge on any atom is -0.353 e. The fourth-order valence-corrected chi connectivity index (χ4v) is 3.68. The standard InChI is InChI=1S/C23H25ClN6O/c1-16-17(2)30(15-25-16)22-14-21(26-18(3)27-22)28-10-12-29(13-11-28)23(31)9-6-19-4-7-20(24)8-5-19/h4-9,14-15H,10-13H2,1-3H3/b9-6+. The van der Waals surface area contributed by atoms with E-state index in [2.05, 4.69) is 19.9 Å². The van der Waals surface area contributed by atoms with Crippen molar-refractivity contribution in [2.24, 2.45) is 0 Å². The number of halogens is 1. The molecule has 1 saturated heterocycles. The van der Waals surface area contributed by atoms with Gasteiger partial charge in [0, 0.05) is 49.0 Å². The molecule has 31 heavy (non-hydrogen) atoms. The van der Waals surface area contributed by atoms with Gasteiger partial charge in [-0.1, -0.05) is 23.7 Å². The third-order valence-electron chi connectivity index (χ3n) is 5.51. The van der Waals surface area contributed by atoms with Gasteiger partial charge in [0.1, 0.15) is 23.8 Å². The van der Waals surface area contributed by atoms with Gasteiger partial charge < -0.3 is 9.80 Å². The molecule has 160 valence electrons. The summed E-state index contributed by atoms with van der Waals surface area (Å²) in [4.78, 5) is 30.2. The molecule has 3 heterocycles. The number of aromatic nitrogens is 4. The van der Waals surface area contributed by atoms with Crippen molar-refractivity contribution in [2.75, 3.05) is 31.1 Å². The quantitative estimate of drug-likeness (QED) is 0.584. The van der Waals surface area contributed by atoms with Crippen LogP contribution in [0.25, 0.3) is 11.9 Å². The average Bonchev–Trinajstić information content (AvgIpc) is 3.11. The minimum absolute atomic E-state index is 0.0127. The van der Waals surface area contributed by atoms with Crippen LogP contribution >= 0.6 is 11.6 Å². The second-order valence-electron chi connectivity index (χ2n) is 7.61. The van der Waals surface area contributed by atoms with Crippen LogP contribution in [0.15, 0.2) is 42.7 Å². The second kappa shape index (κ2) is 8.89. The lowest BCUT2D eigenvalue weighted by atomic mass is 10.2. The van der Waals surface area contributed by atoms with Gasteiger partial charge in [-0.3, -0.25) is 9.36 Å². The Bertz CT molecular complexity index is 1110. The zero-order valence-electron chi connectivity index (χ0n) is 17.9. The first-order chi connectivity index (χ1) is 14.9. The minimum atomic E-state index is 0.0127. The summed E-state index contributed by atoms with van der Waals surface area (Å²) in [6, 6.07) is 9.40. The van der Waals surface area contributed by atoms with Crippen molar-refractivity contribution in [1.82, 2.24) is 24.4 Å². The van der Waals surface area contributed by atoms with Crippen molar-refractivity contribution in [2.45, 2.75) is 20.8 Å². The summed E-state index contributed by atoms with van der Waals surface area (Å²) in [5.74, 6) is 2.41. The Hall–Kier alpha value is -3.19. The third-order valence-corrected chi connectivity index (χ3v) is 5.77. The number of rotatable bonds is 4. The van der Waals surface area contributed by atoms with E-state index in [-0.39, 0.29) is 5.91 Å². The topological polar surface area (TPSA) is 67.2 Å². The highest BCUT2D eigenvalue weighted by molar-refractivity contribution is 6.30. The predicted molar refractivity (Wildman–Crippen MR) is 123 cm³/mol. The maximum Gasteiger partial charge on any atom is 0.246 e. The van der Waals surface area contributed by atoms with Gasteiger partial charge in [0.25, 0.3) is 0 Å². The molecule has 8 heteroatoms. The van der Waals surface area contributed by atoms with Crippen molar-refractivity contribution < 1.29 is 4.79 Å². The maximum absolute atomic E-state index is 12.6. The number of amides is 1. The van der Waals surface area contributed by atoms with Crippen LogP contribution in [-0.2, 0) is 4.79 Å². The molecular weight excluding hydrogens is 412 g/mol. The van der Waals surface area contributed by atoms with Crippen molar-refractivity contribution in [3.05, 3.63) is 70.5 Å². The lowest BCUT2D eigenvalue weighted by Gasteiger charge is -2.35. The summed E-state index contributed by atoms with van der Waals surface area (Å²) in [5.41, 5.74) is 2.99. The third kappa shape index (κ3) is 4.77. The summed E-state index contributed by atoms with van der Waals surface area (Å²) >= 11 is 5.91. The average molecular weight is 437 g/mol. The molecule has 1 aromatic carbocycles. The molecule has 1 aliphatic rings. The van der Waals surface area contributed by atoms with Crippen LogP contribution in [-0.4, -0.2) is 56.5 Å². The molecule has 0 saturated carbocycles. The molecule has 4 rings (SSSR count). The molecule has 0 unspecified atom stereocenters. The summed E-state index contributed by atoms with van der Waals surface area (Å²) in [5, 5.41) is 0.682. The molecule has 0 bridgehead atoms. The van der Waals surface area contributed by atoms with E-state index in [9.17, 15) is 4.79 Å². The van der Waals surface area contributed by atoms with Crippen LogP contribution in [0.2, 0.25) is 5.02 Å². The number of nitrogens with zero attached hydrogens (tertiary/aromatic N) is 6. The Balaban J connectivity index is 1.42. The molecule has 2 aromatic heterocycles. The highest BCUT2D eigenvalue weighted by Crippen LogP contribution is 2.20.